The number of aryl methyl sites for hydroxylation is 1. The monoisotopic (exact) mass is 310 g/mol. The van der Waals surface area contributed by atoms with Gasteiger partial charge >= 0.3 is 0 Å². The Kier molecular flexibility index (Phi) is 4.36. The Labute approximate surface area is 125 Å². The highest BCUT2D eigenvalue weighted by Crippen LogP contribution is 2.14. The molecule has 6 nitrogen and oxygen atoms in total. The minimum absolute atomic E-state index is 0.517. The third-order valence-corrected chi connectivity index (χ3v) is 4.11. The number of nitrogens with zero attached hydrogens (tertiary/aromatic N) is 2. The van der Waals surface area contributed by atoms with Crippen molar-refractivity contribution in [3.05, 3.63) is 30.1 Å². The Morgan fingerprint density at radius 2 is 1.95 bits per heavy atom. The van der Waals surface area contributed by atoms with E-state index < -0.39 is 15.6 Å². The molecule has 21 heavy (non-hydrogen) atoms. The van der Waals surface area contributed by atoms with Gasteiger partial charge in [0.2, 0.25) is 10.0 Å². The molecule has 0 unspecified atom stereocenters. The smallest absolute Gasteiger partial charge is 0.209 e. The van der Waals surface area contributed by atoms with E-state index in [1.807, 2.05) is 49.7 Å². The van der Waals surface area contributed by atoms with E-state index in [-0.39, 0.29) is 0 Å². The number of hydrogen-bond donors (Lipinski definition) is 2. The lowest BCUT2D eigenvalue weighted by Crippen LogP contribution is -2.49. The van der Waals surface area contributed by atoms with Crippen LogP contribution in [0.25, 0.3) is 11.0 Å². The average molecular weight is 310 g/mol. The van der Waals surface area contributed by atoms with Crippen LogP contribution in [0.3, 0.4) is 0 Å². The zero-order chi connectivity index (χ0) is 15.7. The van der Waals surface area contributed by atoms with Gasteiger partial charge in [-0.15, -0.1) is 0 Å². The van der Waals surface area contributed by atoms with Gasteiger partial charge in [0.15, 0.2) is 0 Å². The van der Waals surface area contributed by atoms with Crippen LogP contribution in [0.2, 0.25) is 0 Å². The van der Waals surface area contributed by atoms with E-state index in [4.69, 9.17) is 0 Å². The number of fused-ring (bicyclic) bond motifs is 1. The summed E-state index contributed by atoms with van der Waals surface area (Å²) in [6.45, 7) is 4.79. The second-order valence-corrected chi connectivity index (χ2v) is 7.69. The molecule has 0 fully saturated rings. The molecule has 2 rings (SSSR count). The second-order valence-electron chi connectivity index (χ2n) is 5.94. The lowest BCUT2D eigenvalue weighted by Gasteiger charge is -2.25. The first kappa shape index (κ1) is 15.9. The maximum absolute atomic E-state index is 11.3. The molecule has 0 atom stereocenters. The fourth-order valence-corrected chi connectivity index (χ4v) is 3.45. The molecular formula is C14H22N4O2S. The van der Waals surface area contributed by atoms with Gasteiger partial charge in [-0.05, 0) is 26.0 Å². The molecule has 0 saturated carbocycles. The maximum Gasteiger partial charge on any atom is 0.209 e. The lowest BCUT2D eigenvalue weighted by atomic mass is 10.1. The van der Waals surface area contributed by atoms with Crippen LogP contribution in [0.15, 0.2) is 24.3 Å². The number of rotatable bonds is 6. The van der Waals surface area contributed by atoms with Crippen molar-refractivity contribution in [2.45, 2.75) is 25.9 Å². The Morgan fingerprint density at radius 3 is 2.57 bits per heavy atom. The third-order valence-electron chi connectivity index (χ3n) is 3.19. The Bertz CT molecular complexity index is 735. The number of para-hydroxylation sites is 2. The van der Waals surface area contributed by atoms with Crippen molar-refractivity contribution < 1.29 is 8.42 Å². The summed E-state index contributed by atoms with van der Waals surface area (Å²) in [5.41, 5.74) is 1.51. The fourth-order valence-electron chi connectivity index (χ4n) is 2.38. The summed E-state index contributed by atoms with van der Waals surface area (Å²) in [4.78, 5) is 4.57. The maximum atomic E-state index is 11.3. The SMILES string of the molecule is Cn1c(CNCC(C)(C)NS(C)(=O)=O)nc2ccccc21. The van der Waals surface area contributed by atoms with Gasteiger partial charge in [0.25, 0.3) is 0 Å². The van der Waals surface area contributed by atoms with Crippen LogP contribution in [0, 0.1) is 0 Å². The highest BCUT2D eigenvalue weighted by Gasteiger charge is 2.21. The van der Waals surface area contributed by atoms with Gasteiger partial charge < -0.3 is 9.88 Å². The van der Waals surface area contributed by atoms with Crippen molar-refractivity contribution in [3.63, 3.8) is 0 Å². The summed E-state index contributed by atoms with van der Waals surface area (Å²) in [7, 11) is -1.24. The summed E-state index contributed by atoms with van der Waals surface area (Å²) in [5, 5.41) is 3.26. The molecule has 2 N–H and O–H groups in total. The zero-order valence-corrected chi connectivity index (χ0v) is 13.7. The molecule has 0 bridgehead atoms. The van der Waals surface area contributed by atoms with Crippen LogP contribution in [0.5, 0.6) is 0 Å². The van der Waals surface area contributed by atoms with E-state index >= 15 is 0 Å². The van der Waals surface area contributed by atoms with E-state index in [2.05, 4.69) is 15.0 Å². The average Bonchev–Trinajstić information content (AvgIpc) is 2.64. The van der Waals surface area contributed by atoms with Gasteiger partial charge in [-0.25, -0.2) is 18.1 Å². The summed E-state index contributed by atoms with van der Waals surface area (Å²) < 4.78 is 27.2. The third kappa shape index (κ3) is 4.26. The predicted octanol–water partition coefficient (Wildman–Crippen LogP) is 0.991. The number of nitrogens with one attached hydrogen (secondary N) is 2. The first-order chi connectivity index (χ1) is 9.68. The largest absolute Gasteiger partial charge is 0.330 e. The number of sulfonamides is 1. The van der Waals surface area contributed by atoms with E-state index in [9.17, 15) is 8.42 Å². The number of aromatic nitrogens is 2. The van der Waals surface area contributed by atoms with Gasteiger partial charge in [0, 0.05) is 19.1 Å². The molecule has 1 heterocycles. The summed E-state index contributed by atoms with van der Waals surface area (Å²) in [6.07, 6.45) is 1.17. The van der Waals surface area contributed by atoms with Gasteiger partial charge in [-0.3, -0.25) is 0 Å². The quantitative estimate of drug-likeness (QED) is 0.834. The number of hydrogen-bond acceptors (Lipinski definition) is 4. The minimum Gasteiger partial charge on any atom is -0.330 e. The molecule has 0 aliphatic rings. The number of imidazole rings is 1. The molecule has 0 aliphatic heterocycles. The van der Waals surface area contributed by atoms with Gasteiger partial charge in [0.1, 0.15) is 5.82 Å². The van der Waals surface area contributed by atoms with Crippen molar-refractivity contribution in [1.82, 2.24) is 19.6 Å². The summed E-state index contributed by atoms with van der Waals surface area (Å²) in [6, 6.07) is 7.96. The predicted molar refractivity (Wildman–Crippen MR) is 84.5 cm³/mol. The Hall–Kier alpha value is -1.44. The first-order valence-electron chi connectivity index (χ1n) is 6.78. The molecule has 1 aromatic carbocycles. The molecule has 116 valence electrons. The van der Waals surface area contributed by atoms with Crippen molar-refractivity contribution in [3.8, 4) is 0 Å². The van der Waals surface area contributed by atoms with Crippen LogP contribution in [-0.4, -0.2) is 36.3 Å². The topological polar surface area (TPSA) is 76.0 Å². The van der Waals surface area contributed by atoms with Crippen molar-refractivity contribution in [1.29, 1.82) is 0 Å². The zero-order valence-electron chi connectivity index (χ0n) is 12.8. The molecule has 1 aromatic heterocycles. The molecule has 0 saturated heterocycles. The highest BCUT2D eigenvalue weighted by molar-refractivity contribution is 7.88. The van der Waals surface area contributed by atoms with Crippen molar-refractivity contribution in [2.24, 2.45) is 7.05 Å². The van der Waals surface area contributed by atoms with Gasteiger partial charge in [0.05, 0.1) is 23.8 Å². The van der Waals surface area contributed by atoms with Gasteiger partial charge in [-0.1, -0.05) is 12.1 Å². The van der Waals surface area contributed by atoms with Gasteiger partial charge in [-0.2, -0.15) is 0 Å². The molecule has 0 aliphatic carbocycles. The molecule has 0 radical (unpaired) electrons. The van der Waals surface area contributed by atoms with E-state index in [0.717, 1.165) is 16.9 Å². The minimum atomic E-state index is -3.22. The van der Waals surface area contributed by atoms with E-state index in [0.29, 0.717) is 13.1 Å². The molecule has 0 amide bonds. The van der Waals surface area contributed by atoms with E-state index in [1.165, 1.54) is 6.26 Å². The molecular weight excluding hydrogens is 288 g/mol. The number of benzene rings is 1. The van der Waals surface area contributed by atoms with E-state index in [1.54, 1.807) is 0 Å². The van der Waals surface area contributed by atoms with Crippen LogP contribution in [0.4, 0.5) is 0 Å². The van der Waals surface area contributed by atoms with Crippen molar-refractivity contribution >= 4 is 21.1 Å². The van der Waals surface area contributed by atoms with Crippen LogP contribution >= 0.6 is 0 Å². The first-order valence-corrected chi connectivity index (χ1v) is 8.67. The normalized spacial score (nSPS) is 13.0. The Morgan fingerprint density at radius 1 is 1.29 bits per heavy atom. The molecule has 2 aromatic rings. The molecule has 7 heteroatoms. The Balaban J connectivity index is 2.01. The lowest BCUT2D eigenvalue weighted by molar-refractivity contribution is 0.417. The fraction of sp³-hybridized carbons (Fsp3) is 0.500. The molecule has 0 spiro atoms. The van der Waals surface area contributed by atoms with Crippen LogP contribution in [-0.2, 0) is 23.6 Å². The van der Waals surface area contributed by atoms with Crippen LogP contribution in [0.1, 0.15) is 19.7 Å². The highest BCUT2D eigenvalue weighted by atomic mass is 32.2. The van der Waals surface area contributed by atoms with Crippen LogP contribution < -0.4 is 10.0 Å². The standard InChI is InChI=1S/C14H22N4O2S/c1-14(2,17-21(4,19)20)10-15-9-13-16-11-7-5-6-8-12(11)18(13)3/h5-8,15,17H,9-10H2,1-4H3. The van der Waals surface area contributed by atoms with Crippen molar-refractivity contribution in [2.75, 3.05) is 12.8 Å². The summed E-state index contributed by atoms with van der Waals surface area (Å²) in [5.74, 6) is 0.923. The summed E-state index contributed by atoms with van der Waals surface area (Å²) >= 11 is 0. The second kappa shape index (κ2) is 5.75.